The number of hydrogen-bond donors (Lipinski definition) is 1. The van der Waals surface area contributed by atoms with Crippen molar-refractivity contribution in [3.63, 3.8) is 0 Å². The Morgan fingerprint density at radius 2 is 2.17 bits per heavy atom. The van der Waals surface area contributed by atoms with Gasteiger partial charge in [0.05, 0.1) is 24.5 Å². The highest BCUT2D eigenvalue weighted by atomic mass is 16.5. The number of amides is 1. The van der Waals surface area contributed by atoms with Crippen molar-refractivity contribution in [2.75, 3.05) is 26.0 Å². The van der Waals surface area contributed by atoms with Crippen molar-refractivity contribution in [2.45, 2.75) is 26.5 Å². The van der Waals surface area contributed by atoms with Crippen LogP contribution in [0.15, 0.2) is 18.5 Å². The number of aryl methyl sites for hydroxylation is 1. The van der Waals surface area contributed by atoms with E-state index in [1.807, 2.05) is 27.9 Å². The molecule has 23 heavy (non-hydrogen) atoms. The molecule has 0 atom stereocenters. The quantitative estimate of drug-likeness (QED) is 0.830. The number of nitrogens with one attached hydrogen (secondary N) is 1. The zero-order valence-electron chi connectivity index (χ0n) is 14.3. The number of ether oxygens (including phenoxy) is 1. The van der Waals surface area contributed by atoms with Gasteiger partial charge in [-0.25, -0.2) is 4.68 Å². The van der Waals surface area contributed by atoms with Gasteiger partial charge in [-0.1, -0.05) is 0 Å². The first kappa shape index (κ1) is 17.0. The molecule has 0 saturated carbocycles. The molecule has 0 spiro atoms. The number of anilines is 1. The van der Waals surface area contributed by atoms with Crippen molar-refractivity contribution in [3.05, 3.63) is 24.2 Å². The second-order valence-corrected chi connectivity index (χ2v) is 5.91. The van der Waals surface area contributed by atoms with Crippen molar-refractivity contribution < 1.29 is 9.53 Å². The molecule has 0 bridgehead atoms. The third-order valence-electron chi connectivity index (χ3n) is 3.09. The van der Waals surface area contributed by atoms with Crippen LogP contribution in [0.2, 0.25) is 0 Å². The number of hydrogen-bond acceptors (Lipinski definition) is 5. The maximum absolute atomic E-state index is 12.3. The zero-order valence-corrected chi connectivity index (χ0v) is 14.3. The number of carbonyl (C=O) groups is 1. The van der Waals surface area contributed by atoms with Crippen LogP contribution in [0.5, 0.6) is 5.88 Å². The lowest BCUT2D eigenvalue weighted by Gasteiger charge is -2.08. The smallest absolute Gasteiger partial charge is 0.276 e. The van der Waals surface area contributed by atoms with E-state index < -0.39 is 0 Å². The predicted molar refractivity (Wildman–Crippen MR) is 87.7 cm³/mol. The van der Waals surface area contributed by atoms with Gasteiger partial charge >= 0.3 is 0 Å². The summed E-state index contributed by atoms with van der Waals surface area (Å²) in [6.07, 6.45) is 3.45. The summed E-state index contributed by atoms with van der Waals surface area (Å²) in [6, 6.07) is 1.63. The molecule has 0 aliphatic heterocycles. The molecular formula is C15H24N6O2. The third-order valence-corrected chi connectivity index (χ3v) is 3.09. The number of aromatic nitrogens is 4. The fourth-order valence-corrected chi connectivity index (χ4v) is 1.96. The normalized spacial score (nSPS) is 11.3. The van der Waals surface area contributed by atoms with E-state index in [4.69, 9.17) is 4.74 Å². The summed E-state index contributed by atoms with van der Waals surface area (Å²) in [5, 5.41) is 11.2. The van der Waals surface area contributed by atoms with E-state index in [1.165, 1.54) is 0 Å². The Bertz CT molecular complexity index is 659. The standard InChI is InChI=1S/C15H24N6O2/c1-11(2)23-14-8-13(18-20(14)5)15(22)17-12-9-16-21(10-12)7-6-19(3)4/h8-11H,6-7H2,1-5H3,(H,17,22). The number of nitrogens with zero attached hydrogens (tertiary/aromatic N) is 5. The molecule has 2 aromatic heterocycles. The third kappa shape index (κ3) is 4.82. The largest absolute Gasteiger partial charge is 0.475 e. The molecule has 1 N–H and O–H groups in total. The van der Waals surface area contributed by atoms with E-state index in [9.17, 15) is 4.79 Å². The summed E-state index contributed by atoms with van der Waals surface area (Å²) in [5.74, 6) is 0.276. The Kier molecular flexibility index (Phi) is 5.38. The van der Waals surface area contributed by atoms with E-state index in [0.29, 0.717) is 17.3 Å². The Labute approximate surface area is 136 Å². The van der Waals surface area contributed by atoms with Crippen molar-refractivity contribution >= 4 is 11.6 Å². The number of rotatable bonds is 7. The number of carbonyl (C=O) groups excluding carboxylic acids is 1. The first-order valence-corrected chi connectivity index (χ1v) is 7.54. The van der Waals surface area contributed by atoms with Crippen LogP contribution in [-0.2, 0) is 13.6 Å². The fraction of sp³-hybridized carbons (Fsp3) is 0.533. The van der Waals surface area contributed by atoms with Crippen LogP contribution in [0.25, 0.3) is 0 Å². The van der Waals surface area contributed by atoms with Crippen LogP contribution in [0.4, 0.5) is 5.69 Å². The van der Waals surface area contributed by atoms with Gasteiger partial charge in [0.2, 0.25) is 5.88 Å². The molecular weight excluding hydrogens is 296 g/mol. The fourth-order valence-electron chi connectivity index (χ4n) is 1.96. The molecule has 1 amide bonds. The molecule has 0 unspecified atom stereocenters. The second kappa shape index (κ2) is 7.28. The Morgan fingerprint density at radius 3 is 2.83 bits per heavy atom. The minimum atomic E-state index is -0.286. The minimum Gasteiger partial charge on any atom is -0.475 e. The molecule has 126 valence electrons. The van der Waals surface area contributed by atoms with Crippen LogP contribution >= 0.6 is 0 Å². The maximum Gasteiger partial charge on any atom is 0.276 e. The average molecular weight is 320 g/mol. The van der Waals surface area contributed by atoms with E-state index in [1.54, 1.807) is 34.9 Å². The Hall–Kier alpha value is -2.35. The van der Waals surface area contributed by atoms with Gasteiger partial charge in [0, 0.05) is 25.9 Å². The van der Waals surface area contributed by atoms with Crippen molar-refractivity contribution in [2.24, 2.45) is 7.05 Å². The summed E-state index contributed by atoms with van der Waals surface area (Å²) in [6.45, 7) is 5.49. The van der Waals surface area contributed by atoms with Gasteiger partial charge in [-0.3, -0.25) is 9.48 Å². The Balaban J connectivity index is 1.99. The van der Waals surface area contributed by atoms with Gasteiger partial charge in [-0.05, 0) is 27.9 Å². The van der Waals surface area contributed by atoms with Gasteiger partial charge in [0.1, 0.15) is 0 Å². The van der Waals surface area contributed by atoms with Gasteiger partial charge in [0.25, 0.3) is 5.91 Å². The van der Waals surface area contributed by atoms with Crippen molar-refractivity contribution in [3.8, 4) is 5.88 Å². The topological polar surface area (TPSA) is 77.2 Å². The summed E-state index contributed by atoms with van der Waals surface area (Å²) < 4.78 is 8.93. The highest BCUT2D eigenvalue weighted by molar-refractivity contribution is 6.02. The molecule has 2 aromatic rings. The predicted octanol–water partition coefficient (Wildman–Crippen LogP) is 1.22. The van der Waals surface area contributed by atoms with Crippen LogP contribution in [-0.4, -0.2) is 57.1 Å². The maximum atomic E-state index is 12.3. The van der Waals surface area contributed by atoms with Gasteiger partial charge in [0.15, 0.2) is 5.69 Å². The molecule has 0 aliphatic carbocycles. The van der Waals surface area contributed by atoms with Crippen molar-refractivity contribution in [1.82, 2.24) is 24.5 Å². The van der Waals surface area contributed by atoms with Gasteiger partial charge in [-0.2, -0.15) is 10.2 Å². The first-order chi connectivity index (χ1) is 10.8. The van der Waals surface area contributed by atoms with Gasteiger partial charge in [-0.15, -0.1) is 0 Å². The van der Waals surface area contributed by atoms with E-state index >= 15 is 0 Å². The van der Waals surface area contributed by atoms with Crippen molar-refractivity contribution in [1.29, 1.82) is 0 Å². The lowest BCUT2D eigenvalue weighted by atomic mass is 10.4. The van der Waals surface area contributed by atoms with Gasteiger partial charge < -0.3 is 15.0 Å². The summed E-state index contributed by atoms with van der Waals surface area (Å²) in [4.78, 5) is 14.3. The molecule has 8 heteroatoms. The molecule has 0 aromatic carbocycles. The van der Waals surface area contributed by atoms with E-state index in [2.05, 4.69) is 20.4 Å². The molecule has 0 fully saturated rings. The Morgan fingerprint density at radius 1 is 1.43 bits per heavy atom. The SMILES string of the molecule is CC(C)Oc1cc(C(=O)Nc2cnn(CCN(C)C)c2)nn1C. The van der Waals surface area contributed by atoms with E-state index in [-0.39, 0.29) is 12.0 Å². The summed E-state index contributed by atoms with van der Waals surface area (Å²) in [7, 11) is 5.75. The molecule has 2 heterocycles. The minimum absolute atomic E-state index is 0.0243. The molecule has 0 radical (unpaired) electrons. The van der Waals surface area contributed by atoms with E-state index in [0.717, 1.165) is 13.1 Å². The average Bonchev–Trinajstić information content (AvgIpc) is 3.04. The van der Waals surface area contributed by atoms with Crippen LogP contribution in [0.3, 0.4) is 0 Å². The summed E-state index contributed by atoms with van der Waals surface area (Å²) in [5.41, 5.74) is 0.954. The lowest BCUT2D eigenvalue weighted by Crippen LogP contribution is -2.18. The molecule has 8 nitrogen and oxygen atoms in total. The van der Waals surface area contributed by atoms with Crippen LogP contribution in [0, 0.1) is 0 Å². The lowest BCUT2D eigenvalue weighted by molar-refractivity contribution is 0.102. The molecule has 0 aliphatic rings. The zero-order chi connectivity index (χ0) is 17.0. The molecule has 0 saturated heterocycles. The second-order valence-electron chi connectivity index (χ2n) is 5.91. The number of likely N-dealkylation sites (N-methyl/N-ethyl adjacent to an activating group) is 1. The monoisotopic (exact) mass is 320 g/mol. The first-order valence-electron chi connectivity index (χ1n) is 7.54. The highest BCUT2D eigenvalue weighted by Gasteiger charge is 2.15. The van der Waals surface area contributed by atoms with Crippen LogP contribution in [0.1, 0.15) is 24.3 Å². The summed E-state index contributed by atoms with van der Waals surface area (Å²) >= 11 is 0. The highest BCUT2D eigenvalue weighted by Crippen LogP contribution is 2.15. The molecule has 2 rings (SSSR count). The van der Waals surface area contributed by atoms with Crippen LogP contribution < -0.4 is 10.1 Å².